The van der Waals surface area contributed by atoms with Crippen LogP contribution in [0, 0.1) is 22.2 Å². The fraction of sp³-hybridized carbons (Fsp3) is 0.512. The number of carbonyl (C=O) groups excluding carboxylic acids is 3. The third kappa shape index (κ3) is 7.95. The molecule has 6 heteroatoms. The molecule has 1 aromatic carbocycles. The van der Waals surface area contributed by atoms with Gasteiger partial charge in [-0.15, -0.1) is 0 Å². The zero-order chi connectivity index (χ0) is 36.9. The minimum absolute atomic E-state index is 0.0202. The predicted molar refractivity (Wildman–Crippen MR) is 199 cm³/mol. The maximum atomic E-state index is 15.4. The maximum absolute atomic E-state index is 15.4. The number of hydrogen-bond donors (Lipinski definition) is 3. The summed E-state index contributed by atoms with van der Waals surface area (Å²) in [6.45, 7) is 20.1. The molecule has 2 saturated carbocycles. The maximum Gasteiger partial charge on any atom is 0.184 e. The minimum Gasteiger partial charge on any atom is -0.506 e. The zero-order valence-corrected chi connectivity index (χ0v) is 31.4. The van der Waals surface area contributed by atoms with Gasteiger partial charge in [0.1, 0.15) is 16.7 Å². The van der Waals surface area contributed by atoms with Crippen molar-refractivity contribution in [3.8, 4) is 11.5 Å². The number of phenols is 2. The number of carbonyl (C=O) groups is 3. The predicted octanol–water partition coefficient (Wildman–Crippen LogP) is 10.6. The van der Waals surface area contributed by atoms with Crippen molar-refractivity contribution in [3.05, 3.63) is 87.6 Å². The molecule has 4 atom stereocenters. The van der Waals surface area contributed by atoms with E-state index in [1.807, 2.05) is 53.7 Å². The van der Waals surface area contributed by atoms with Gasteiger partial charge in [0, 0.05) is 5.56 Å². The normalized spacial score (nSPS) is 26.2. The highest BCUT2D eigenvalue weighted by molar-refractivity contribution is 6.41. The van der Waals surface area contributed by atoms with Crippen molar-refractivity contribution >= 4 is 23.1 Å². The smallest absolute Gasteiger partial charge is 0.184 e. The van der Waals surface area contributed by atoms with E-state index in [1.165, 1.54) is 23.3 Å². The third-order valence-electron chi connectivity index (χ3n) is 10.8. The monoisotopic (exact) mass is 670 g/mol. The molecule has 0 saturated heterocycles. The van der Waals surface area contributed by atoms with Crippen molar-refractivity contribution in [3.63, 3.8) is 0 Å². The second-order valence-corrected chi connectivity index (χ2v) is 15.6. The van der Waals surface area contributed by atoms with Crippen molar-refractivity contribution < 1.29 is 29.7 Å². The van der Waals surface area contributed by atoms with Gasteiger partial charge in [-0.05, 0) is 143 Å². The Kier molecular flexibility index (Phi) is 12.7. The van der Waals surface area contributed by atoms with Gasteiger partial charge in [0.25, 0.3) is 0 Å². The first-order valence-corrected chi connectivity index (χ1v) is 17.6. The van der Waals surface area contributed by atoms with Crippen LogP contribution in [0.1, 0.15) is 126 Å². The van der Waals surface area contributed by atoms with Crippen LogP contribution in [-0.4, -0.2) is 32.7 Å². The minimum atomic E-state index is -1.63. The van der Waals surface area contributed by atoms with Gasteiger partial charge in [-0.25, -0.2) is 0 Å². The fourth-order valence-electron chi connectivity index (χ4n) is 7.78. The van der Waals surface area contributed by atoms with Gasteiger partial charge in [0.15, 0.2) is 28.8 Å². The number of Topliss-reactive ketones (excluding diaryl/α,β-unsaturated/α-hetero) is 3. The van der Waals surface area contributed by atoms with Gasteiger partial charge < -0.3 is 15.3 Å². The molecule has 0 unspecified atom stereocenters. The lowest BCUT2D eigenvalue weighted by molar-refractivity contribution is -0.178. The average molecular weight is 671 g/mol. The highest BCUT2D eigenvalue weighted by Gasteiger charge is 2.74. The summed E-state index contributed by atoms with van der Waals surface area (Å²) in [6, 6.07) is 3.69. The zero-order valence-electron chi connectivity index (χ0n) is 31.4. The molecule has 2 fully saturated rings. The fourth-order valence-corrected chi connectivity index (χ4v) is 7.78. The molecule has 266 valence electrons. The van der Waals surface area contributed by atoms with Crippen LogP contribution in [0.2, 0.25) is 0 Å². The summed E-state index contributed by atoms with van der Waals surface area (Å²) in [5, 5.41) is 32.0. The number of aliphatic hydroxyl groups is 1. The van der Waals surface area contributed by atoms with Crippen LogP contribution in [0.4, 0.5) is 0 Å². The first kappa shape index (κ1) is 39.5. The summed E-state index contributed by atoms with van der Waals surface area (Å²) in [4.78, 5) is 45.6. The standard InChI is InChI=1S/C43H58O6/c1-27(2)13-11-15-31(9)16-18-33-26-42(23-20-29(5)6)38(47)36(37(46)32-17-19-34(44)35(45)25-32)39(48)43(40(42)49,24-21-30(7)8)41(33,10)22-12-14-28(3)4/h13-14,16-17,19-21,25,33,44-46H,11-12,15,18,22-24,26H2,1-10H3/b31-16+,37-36?/t33-,41+,42+,43-/m1/s1. The van der Waals surface area contributed by atoms with E-state index < -0.39 is 50.6 Å². The Hall–Kier alpha value is -3.93. The molecule has 0 amide bonds. The molecule has 1 aromatic rings. The Bertz CT molecular complexity index is 1650. The molecule has 0 aliphatic heterocycles. The summed E-state index contributed by atoms with van der Waals surface area (Å²) in [6.07, 6.45) is 14.6. The van der Waals surface area contributed by atoms with Crippen LogP contribution in [0.3, 0.4) is 0 Å². The lowest BCUT2D eigenvalue weighted by Crippen LogP contribution is -2.70. The summed E-state index contributed by atoms with van der Waals surface area (Å²) < 4.78 is 0. The Labute approximate surface area is 294 Å². The summed E-state index contributed by atoms with van der Waals surface area (Å²) in [7, 11) is 0. The average Bonchev–Trinajstić information content (AvgIpc) is 3.00. The number of benzene rings is 1. The SMILES string of the molecule is CC(C)=CCC/C(C)=C/C[C@@H]1C[C@@]2(CC=C(C)C)C(=O)C(=C(O)c3ccc(O)c(O)c3)C(=O)[C@](CC=C(C)C)(C2=O)[C@@]1(C)CCC=C(C)C. The van der Waals surface area contributed by atoms with Crippen molar-refractivity contribution in [1.29, 1.82) is 0 Å². The number of hydrogen-bond acceptors (Lipinski definition) is 6. The lowest BCUT2D eigenvalue weighted by Gasteiger charge is -2.61. The van der Waals surface area contributed by atoms with Crippen molar-refractivity contribution in [2.45, 2.75) is 121 Å². The summed E-state index contributed by atoms with van der Waals surface area (Å²) in [5.74, 6) is -3.33. The van der Waals surface area contributed by atoms with Crippen LogP contribution in [-0.2, 0) is 14.4 Å². The number of allylic oxidation sites excluding steroid dienone is 11. The Morgan fingerprint density at radius 1 is 0.755 bits per heavy atom. The molecule has 2 aliphatic rings. The molecule has 3 rings (SSSR count). The van der Waals surface area contributed by atoms with Crippen molar-refractivity contribution in [2.24, 2.45) is 22.2 Å². The van der Waals surface area contributed by atoms with E-state index in [2.05, 4.69) is 45.9 Å². The second kappa shape index (κ2) is 15.7. The molecular formula is C43H58O6. The Balaban J connectivity index is 2.44. The number of phenolic OH excluding ortho intramolecular Hbond substituents is 2. The van der Waals surface area contributed by atoms with E-state index >= 15 is 9.59 Å². The first-order chi connectivity index (χ1) is 22.8. The van der Waals surface area contributed by atoms with Gasteiger partial charge >= 0.3 is 0 Å². The number of ketones is 3. The molecule has 0 heterocycles. The highest BCUT2D eigenvalue weighted by atomic mass is 16.3. The Morgan fingerprint density at radius 3 is 1.90 bits per heavy atom. The van der Waals surface area contributed by atoms with Crippen molar-refractivity contribution in [1.82, 2.24) is 0 Å². The molecule has 49 heavy (non-hydrogen) atoms. The van der Waals surface area contributed by atoms with Crippen LogP contribution < -0.4 is 0 Å². The van der Waals surface area contributed by atoms with Crippen LogP contribution in [0.5, 0.6) is 11.5 Å². The van der Waals surface area contributed by atoms with E-state index in [0.717, 1.165) is 35.6 Å². The molecule has 3 N–H and O–H groups in total. The Morgan fingerprint density at radius 2 is 1.33 bits per heavy atom. The lowest BCUT2D eigenvalue weighted by atomic mass is 9.37. The van der Waals surface area contributed by atoms with Gasteiger partial charge in [0.2, 0.25) is 0 Å². The van der Waals surface area contributed by atoms with Gasteiger partial charge in [0.05, 0.1) is 5.41 Å². The highest BCUT2D eigenvalue weighted by Crippen LogP contribution is 2.67. The molecule has 0 radical (unpaired) electrons. The summed E-state index contributed by atoms with van der Waals surface area (Å²) in [5.41, 5.74) is 1.11. The first-order valence-electron chi connectivity index (χ1n) is 17.6. The number of aromatic hydroxyl groups is 2. The quantitative estimate of drug-likeness (QED) is 0.0481. The van der Waals surface area contributed by atoms with E-state index in [9.17, 15) is 20.1 Å². The number of rotatable bonds is 13. The second-order valence-electron chi connectivity index (χ2n) is 15.6. The molecule has 6 nitrogen and oxygen atoms in total. The van der Waals surface area contributed by atoms with Crippen LogP contribution in [0.15, 0.2) is 82.0 Å². The van der Waals surface area contributed by atoms with E-state index in [-0.39, 0.29) is 36.5 Å². The summed E-state index contributed by atoms with van der Waals surface area (Å²) >= 11 is 0. The molecule has 0 spiro atoms. The number of fused-ring (bicyclic) bond motifs is 2. The van der Waals surface area contributed by atoms with E-state index in [0.29, 0.717) is 19.3 Å². The third-order valence-corrected chi connectivity index (χ3v) is 10.8. The molecular weight excluding hydrogens is 612 g/mol. The van der Waals surface area contributed by atoms with Crippen LogP contribution in [0.25, 0.3) is 5.76 Å². The molecule has 2 aliphatic carbocycles. The van der Waals surface area contributed by atoms with Gasteiger partial charge in [-0.3, -0.25) is 14.4 Å². The molecule has 0 aromatic heterocycles. The van der Waals surface area contributed by atoms with E-state index in [1.54, 1.807) is 0 Å². The largest absolute Gasteiger partial charge is 0.506 e. The molecule has 2 bridgehead atoms. The van der Waals surface area contributed by atoms with Crippen molar-refractivity contribution in [2.75, 3.05) is 0 Å². The topological polar surface area (TPSA) is 112 Å². The van der Waals surface area contributed by atoms with Gasteiger partial charge in [-0.1, -0.05) is 65.2 Å². The van der Waals surface area contributed by atoms with E-state index in [4.69, 9.17) is 0 Å². The van der Waals surface area contributed by atoms with Crippen LogP contribution >= 0.6 is 0 Å². The number of aliphatic hydroxyl groups excluding tert-OH is 1. The van der Waals surface area contributed by atoms with Gasteiger partial charge in [-0.2, -0.15) is 0 Å².